The summed E-state index contributed by atoms with van der Waals surface area (Å²) >= 11 is 7.19. The van der Waals surface area contributed by atoms with Gasteiger partial charge in [-0.25, -0.2) is 0 Å². The molecule has 0 aromatic heterocycles. The van der Waals surface area contributed by atoms with Crippen LogP contribution in [0.15, 0.2) is 28.7 Å². The van der Waals surface area contributed by atoms with Crippen molar-refractivity contribution < 1.29 is 0 Å². The van der Waals surface area contributed by atoms with Crippen LogP contribution in [-0.4, -0.2) is 5.33 Å². The maximum absolute atomic E-state index is 3.68. The summed E-state index contributed by atoms with van der Waals surface area (Å²) < 4.78 is 1.17. The minimum Gasteiger partial charge on any atom is -0.0921 e. The van der Waals surface area contributed by atoms with E-state index in [9.17, 15) is 0 Å². The van der Waals surface area contributed by atoms with Crippen LogP contribution in [0.2, 0.25) is 0 Å². The van der Waals surface area contributed by atoms with Gasteiger partial charge < -0.3 is 0 Å². The molecule has 0 N–H and O–H groups in total. The topological polar surface area (TPSA) is 0 Å². The van der Waals surface area contributed by atoms with Crippen molar-refractivity contribution in [2.75, 3.05) is 5.33 Å². The molecule has 0 bridgehead atoms. The third-order valence-corrected chi connectivity index (χ3v) is 5.49. The molecule has 1 aliphatic carbocycles. The van der Waals surface area contributed by atoms with Crippen molar-refractivity contribution in [2.45, 2.75) is 50.9 Å². The Balaban J connectivity index is 1.86. The SMILES string of the molecule is BrCC(CCC1CCCCC1)c1ccc(Br)cc1. The van der Waals surface area contributed by atoms with E-state index >= 15 is 0 Å². The van der Waals surface area contributed by atoms with E-state index in [0.717, 1.165) is 11.2 Å². The highest BCUT2D eigenvalue weighted by molar-refractivity contribution is 9.10. The fourth-order valence-electron chi connectivity index (χ4n) is 2.98. The highest BCUT2D eigenvalue weighted by Gasteiger charge is 2.16. The maximum Gasteiger partial charge on any atom is 0.0175 e. The number of hydrogen-bond donors (Lipinski definition) is 0. The summed E-state index contributed by atoms with van der Waals surface area (Å²) in [7, 11) is 0. The standard InChI is InChI=1S/C16H22Br2/c17-12-15(14-8-10-16(18)11-9-14)7-6-13-4-2-1-3-5-13/h8-11,13,15H,1-7,12H2. The Labute approximate surface area is 128 Å². The molecular weight excluding hydrogens is 352 g/mol. The Kier molecular flexibility index (Phi) is 6.23. The molecule has 100 valence electrons. The molecule has 1 saturated carbocycles. The summed E-state index contributed by atoms with van der Waals surface area (Å²) in [5, 5.41) is 1.08. The normalized spacial score (nSPS) is 18.8. The second-order valence-corrected chi connectivity index (χ2v) is 7.05. The molecule has 1 fully saturated rings. The van der Waals surface area contributed by atoms with E-state index in [1.54, 1.807) is 0 Å². The number of benzene rings is 1. The van der Waals surface area contributed by atoms with Gasteiger partial charge in [-0.05, 0) is 42.4 Å². The molecular formula is C16H22Br2. The van der Waals surface area contributed by atoms with Gasteiger partial charge in [0.15, 0.2) is 0 Å². The first-order chi connectivity index (χ1) is 8.79. The predicted molar refractivity (Wildman–Crippen MR) is 86.5 cm³/mol. The number of rotatable bonds is 5. The lowest BCUT2D eigenvalue weighted by Crippen LogP contribution is -2.09. The molecule has 2 heteroatoms. The Morgan fingerprint density at radius 1 is 1.06 bits per heavy atom. The summed E-state index contributed by atoms with van der Waals surface area (Å²) in [6.07, 6.45) is 10.1. The lowest BCUT2D eigenvalue weighted by atomic mass is 9.83. The molecule has 0 heterocycles. The molecule has 0 spiro atoms. The second kappa shape index (κ2) is 7.69. The van der Waals surface area contributed by atoms with Gasteiger partial charge in [0, 0.05) is 9.80 Å². The minimum atomic E-state index is 0.681. The van der Waals surface area contributed by atoms with Gasteiger partial charge in [-0.1, -0.05) is 76.1 Å². The third kappa shape index (κ3) is 4.38. The van der Waals surface area contributed by atoms with Gasteiger partial charge >= 0.3 is 0 Å². The fourth-order valence-corrected chi connectivity index (χ4v) is 3.94. The second-order valence-electron chi connectivity index (χ2n) is 5.48. The average molecular weight is 374 g/mol. The largest absolute Gasteiger partial charge is 0.0921 e. The zero-order chi connectivity index (χ0) is 12.8. The summed E-state index contributed by atoms with van der Waals surface area (Å²) in [4.78, 5) is 0. The summed E-state index contributed by atoms with van der Waals surface area (Å²) in [6, 6.07) is 8.84. The maximum atomic E-state index is 3.68. The van der Waals surface area contributed by atoms with Gasteiger partial charge in [-0.15, -0.1) is 0 Å². The highest BCUT2D eigenvalue weighted by Crippen LogP contribution is 2.32. The zero-order valence-electron chi connectivity index (χ0n) is 10.9. The highest BCUT2D eigenvalue weighted by atomic mass is 79.9. The van der Waals surface area contributed by atoms with Gasteiger partial charge in [0.1, 0.15) is 0 Å². The summed E-state index contributed by atoms with van der Waals surface area (Å²) in [6.45, 7) is 0. The number of hydrogen-bond acceptors (Lipinski definition) is 0. The molecule has 2 rings (SSSR count). The Morgan fingerprint density at radius 2 is 1.72 bits per heavy atom. The molecule has 1 aromatic carbocycles. The Hall–Kier alpha value is 0.180. The van der Waals surface area contributed by atoms with Crippen LogP contribution in [0.5, 0.6) is 0 Å². The molecule has 18 heavy (non-hydrogen) atoms. The van der Waals surface area contributed by atoms with E-state index in [0.29, 0.717) is 5.92 Å². The van der Waals surface area contributed by atoms with Crippen LogP contribution >= 0.6 is 31.9 Å². The van der Waals surface area contributed by atoms with Gasteiger partial charge in [-0.2, -0.15) is 0 Å². The van der Waals surface area contributed by atoms with Gasteiger partial charge in [0.2, 0.25) is 0 Å². The Morgan fingerprint density at radius 3 is 2.33 bits per heavy atom. The molecule has 0 saturated heterocycles. The van der Waals surface area contributed by atoms with E-state index in [-0.39, 0.29) is 0 Å². The lowest BCUT2D eigenvalue weighted by molar-refractivity contribution is 0.326. The number of alkyl halides is 1. The summed E-state index contributed by atoms with van der Waals surface area (Å²) in [5.74, 6) is 1.68. The average Bonchev–Trinajstić information content (AvgIpc) is 2.42. The van der Waals surface area contributed by atoms with E-state index < -0.39 is 0 Å². The van der Waals surface area contributed by atoms with Crippen molar-refractivity contribution in [3.8, 4) is 0 Å². The Bertz CT molecular complexity index is 339. The van der Waals surface area contributed by atoms with E-state index in [4.69, 9.17) is 0 Å². The van der Waals surface area contributed by atoms with Crippen LogP contribution in [0.3, 0.4) is 0 Å². The first-order valence-electron chi connectivity index (χ1n) is 7.11. The van der Waals surface area contributed by atoms with Crippen molar-refractivity contribution in [1.29, 1.82) is 0 Å². The molecule has 0 radical (unpaired) electrons. The fraction of sp³-hybridized carbons (Fsp3) is 0.625. The van der Waals surface area contributed by atoms with E-state index in [1.807, 2.05) is 0 Å². The van der Waals surface area contributed by atoms with Crippen molar-refractivity contribution in [3.63, 3.8) is 0 Å². The third-order valence-electron chi connectivity index (χ3n) is 4.18. The van der Waals surface area contributed by atoms with Gasteiger partial charge in [0.25, 0.3) is 0 Å². The molecule has 0 aliphatic heterocycles. The molecule has 0 amide bonds. The van der Waals surface area contributed by atoms with E-state index in [2.05, 4.69) is 56.1 Å². The van der Waals surface area contributed by atoms with Crippen LogP contribution in [0.1, 0.15) is 56.4 Å². The zero-order valence-corrected chi connectivity index (χ0v) is 14.0. The van der Waals surface area contributed by atoms with Crippen molar-refractivity contribution >= 4 is 31.9 Å². The molecule has 1 aromatic rings. The molecule has 1 aliphatic rings. The van der Waals surface area contributed by atoms with Crippen molar-refractivity contribution in [1.82, 2.24) is 0 Å². The minimum absolute atomic E-state index is 0.681. The van der Waals surface area contributed by atoms with Crippen LogP contribution in [-0.2, 0) is 0 Å². The van der Waals surface area contributed by atoms with Gasteiger partial charge in [-0.3, -0.25) is 0 Å². The molecule has 1 unspecified atom stereocenters. The molecule has 0 nitrogen and oxygen atoms in total. The molecule has 1 atom stereocenters. The predicted octanol–water partition coefficient (Wildman–Crippen LogP) is 6.29. The van der Waals surface area contributed by atoms with Crippen LogP contribution in [0.25, 0.3) is 0 Å². The number of halogens is 2. The first-order valence-corrected chi connectivity index (χ1v) is 9.02. The monoisotopic (exact) mass is 372 g/mol. The first kappa shape index (κ1) is 14.6. The van der Waals surface area contributed by atoms with Crippen LogP contribution in [0.4, 0.5) is 0 Å². The smallest absolute Gasteiger partial charge is 0.0175 e. The summed E-state index contributed by atoms with van der Waals surface area (Å²) in [5.41, 5.74) is 1.48. The van der Waals surface area contributed by atoms with Crippen LogP contribution < -0.4 is 0 Å². The van der Waals surface area contributed by atoms with Crippen molar-refractivity contribution in [2.24, 2.45) is 5.92 Å². The van der Waals surface area contributed by atoms with Gasteiger partial charge in [0.05, 0.1) is 0 Å². The van der Waals surface area contributed by atoms with E-state index in [1.165, 1.54) is 55.0 Å². The van der Waals surface area contributed by atoms with Crippen molar-refractivity contribution in [3.05, 3.63) is 34.3 Å². The lowest BCUT2D eigenvalue weighted by Gasteiger charge is -2.23. The van der Waals surface area contributed by atoms with Crippen LogP contribution in [0, 0.1) is 5.92 Å². The quantitative estimate of drug-likeness (QED) is 0.532.